The monoisotopic (exact) mass is 442 g/mol. The predicted molar refractivity (Wildman–Crippen MR) is 135 cm³/mol. The van der Waals surface area contributed by atoms with Crippen molar-refractivity contribution in [1.82, 2.24) is 4.98 Å². The van der Waals surface area contributed by atoms with Crippen LogP contribution in [0.5, 0.6) is 0 Å². The zero-order valence-electron chi connectivity index (χ0n) is 18.7. The molecule has 1 N–H and O–H groups in total. The first kappa shape index (κ1) is 22.0. The maximum absolute atomic E-state index is 13.6. The van der Waals surface area contributed by atoms with Gasteiger partial charge in [0.25, 0.3) is 5.91 Å². The van der Waals surface area contributed by atoms with E-state index in [1.807, 2.05) is 36.4 Å². The number of para-hydroxylation sites is 1. The van der Waals surface area contributed by atoms with Crippen LogP contribution in [0.25, 0.3) is 22.2 Å². The standard InChI is InChI=1S/C28H27ClN2O/c1-4-18-10-15-25-23(16-18)24(17-26(30-25)21-11-13-22(29)14-12-21)28(32)31-27-19(5-2)8-7-9-20(27)6-3/h7-17H,4-6H2,1-3H3,(H,31,32). The Morgan fingerprint density at radius 3 is 2.19 bits per heavy atom. The van der Waals surface area contributed by atoms with Gasteiger partial charge in [-0.15, -0.1) is 0 Å². The highest BCUT2D eigenvalue weighted by atomic mass is 35.5. The van der Waals surface area contributed by atoms with Gasteiger partial charge in [0.05, 0.1) is 16.8 Å². The van der Waals surface area contributed by atoms with Crippen LogP contribution in [-0.4, -0.2) is 10.9 Å². The van der Waals surface area contributed by atoms with Crippen molar-refractivity contribution in [2.45, 2.75) is 40.0 Å². The van der Waals surface area contributed by atoms with E-state index in [2.05, 4.69) is 56.4 Å². The van der Waals surface area contributed by atoms with Crippen molar-refractivity contribution in [1.29, 1.82) is 0 Å². The Hall–Kier alpha value is -3.17. The molecule has 4 aromatic rings. The molecule has 0 aliphatic heterocycles. The summed E-state index contributed by atoms with van der Waals surface area (Å²) in [7, 11) is 0. The van der Waals surface area contributed by atoms with Gasteiger partial charge in [-0.1, -0.05) is 68.8 Å². The van der Waals surface area contributed by atoms with Crippen molar-refractivity contribution in [2.75, 3.05) is 5.32 Å². The molecule has 1 amide bonds. The molecule has 1 heterocycles. The molecule has 4 heteroatoms. The number of anilines is 1. The molecule has 0 saturated carbocycles. The van der Waals surface area contributed by atoms with E-state index in [4.69, 9.17) is 16.6 Å². The number of carbonyl (C=O) groups is 1. The van der Waals surface area contributed by atoms with Gasteiger partial charge in [0.2, 0.25) is 0 Å². The molecule has 4 rings (SSSR count). The molecule has 162 valence electrons. The lowest BCUT2D eigenvalue weighted by molar-refractivity contribution is 0.102. The summed E-state index contributed by atoms with van der Waals surface area (Å²) in [6, 6.07) is 21.8. The lowest BCUT2D eigenvalue weighted by Crippen LogP contribution is -2.16. The van der Waals surface area contributed by atoms with Crippen molar-refractivity contribution in [3.05, 3.63) is 94.0 Å². The van der Waals surface area contributed by atoms with E-state index >= 15 is 0 Å². The van der Waals surface area contributed by atoms with Crippen LogP contribution in [0.4, 0.5) is 5.69 Å². The van der Waals surface area contributed by atoms with Crippen molar-refractivity contribution in [3.63, 3.8) is 0 Å². The van der Waals surface area contributed by atoms with E-state index in [9.17, 15) is 4.79 Å². The average molecular weight is 443 g/mol. The van der Waals surface area contributed by atoms with Gasteiger partial charge in [0.1, 0.15) is 0 Å². The largest absolute Gasteiger partial charge is 0.321 e. The van der Waals surface area contributed by atoms with Gasteiger partial charge >= 0.3 is 0 Å². The highest BCUT2D eigenvalue weighted by molar-refractivity contribution is 6.30. The number of pyridine rings is 1. The third kappa shape index (κ3) is 4.39. The molecule has 0 atom stereocenters. The number of fused-ring (bicyclic) bond motifs is 1. The Bertz CT molecular complexity index is 1260. The second-order valence-electron chi connectivity index (χ2n) is 7.88. The Morgan fingerprint density at radius 2 is 1.56 bits per heavy atom. The number of carbonyl (C=O) groups excluding carboxylic acids is 1. The molecule has 0 fully saturated rings. The van der Waals surface area contributed by atoms with Crippen LogP contribution < -0.4 is 5.32 Å². The van der Waals surface area contributed by atoms with E-state index in [1.54, 1.807) is 0 Å². The molecule has 0 bridgehead atoms. The molecule has 1 aromatic heterocycles. The van der Waals surface area contributed by atoms with E-state index < -0.39 is 0 Å². The summed E-state index contributed by atoms with van der Waals surface area (Å²) in [6.07, 6.45) is 2.61. The number of nitrogens with one attached hydrogen (secondary N) is 1. The summed E-state index contributed by atoms with van der Waals surface area (Å²) in [4.78, 5) is 18.5. The van der Waals surface area contributed by atoms with Crippen LogP contribution >= 0.6 is 11.6 Å². The fraction of sp³-hybridized carbons (Fsp3) is 0.214. The highest BCUT2D eigenvalue weighted by Crippen LogP contribution is 2.29. The van der Waals surface area contributed by atoms with Crippen molar-refractivity contribution in [3.8, 4) is 11.3 Å². The Morgan fingerprint density at radius 1 is 0.875 bits per heavy atom. The Balaban J connectivity index is 1.86. The Labute approximate surface area is 194 Å². The van der Waals surface area contributed by atoms with Crippen LogP contribution in [0.15, 0.2) is 66.7 Å². The minimum Gasteiger partial charge on any atom is -0.321 e. The van der Waals surface area contributed by atoms with Crippen molar-refractivity contribution in [2.24, 2.45) is 0 Å². The lowest BCUT2D eigenvalue weighted by Gasteiger charge is -2.16. The predicted octanol–water partition coefficient (Wildman–Crippen LogP) is 7.49. The molecule has 0 aliphatic carbocycles. The molecule has 3 aromatic carbocycles. The average Bonchev–Trinajstić information content (AvgIpc) is 2.83. The number of rotatable bonds is 6. The summed E-state index contributed by atoms with van der Waals surface area (Å²) in [6.45, 7) is 6.33. The van der Waals surface area contributed by atoms with E-state index in [1.165, 1.54) is 5.56 Å². The number of nitrogens with zero attached hydrogens (tertiary/aromatic N) is 1. The van der Waals surface area contributed by atoms with Gasteiger partial charge in [0.15, 0.2) is 0 Å². The van der Waals surface area contributed by atoms with Gasteiger partial charge in [-0.25, -0.2) is 4.98 Å². The third-order valence-electron chi connectivity index (χ3n) is 5.90. The van der Waals surface area contributed by atoms with Gasteiger partial charge in [-0.05, 0) is 66.3 Å². The first-order valence-electron chi connectivity index (χ1n) is 11.2. The zero-order valence-corrected chi connectivity index (χ0v) is 19.5. The number of aryl methyl sites for hydroxylation is 3. The normalized spacial score (nSPS) is 11.0. The quantitative estimate of drug-likeness (QED) is 0.336. The van der Waals surface area contributed by atoms with Gasteiger partial charge < -0.3 is 5.32 Å². The molecule has 0 spiro atoms. The number of halogens is 1. The summed E-state index contributed by atoms with van der Waals surface area (Å²) in [5.41, 5.74) is 7.49. The molecule has 0 unspecified atom stereocenters. The molecule has 0 radical (unpaired) electrons. The summed E-state index contributed by atoms with van der Waals surface area (Å²) in [5, 5.41) is 4.76. The number of benzene rings is 3. The van der Waals surface area contributed by atoms with Crippen molar-refractivity contribution >= 4 is 34.1 Å². The molecule has 3 nitrogen and oxygen atoms in total. The minimum absolute atomic E-state index is 0.114. The second-order valence-corrected chi connectivity index (χ2v) is 8.32. The number of aromatic nitrogens is 1. The van der Waals surface area contributed by atoms with Crippen LogP contribution in [0.2, 0.25) is 5.02 Å². The van der Waals surface area contributed by atoms with Crippen molar-refractivity contribution < 1.29 is 4.79 Å². The van der Waals surface area contributed by atoms with E-state index in [0.29, 0.717) is 10.6 Å². The van der Waals surface area contributed by atoms with E-state index in [-0.39, 0.29) is 5.91 Å². The molecule has 0 aliphatic rings. The maximum Gasteiger partial charge on any atom is 0.256 e. The SMILES string of the molecule is CCc1ccc2nc(-c3ccc(Cl)cc3)cc(C(=O)Nc3c(CC)cccc3CC)c2c1. The maximum atomic E-state index is 13.6. The fourth-order valence-corrected chi connectivity index (χ4v) is 4.16. The summed E-state index contributed by atoms with van der Waals surface area (Å²) in [5.74, 6) is -0.114. The van der Waals surface area contributed by atoms with Crippen LogP contribution in [-0.2, 0) is 19.3 Å². The zero-order chi connectivity index (χ0) is 22.7. The molecular formula is C28H27ClN2O. The van der Waals surface area contributed by atoms with Gasteiger partial charge in [-0.2, -0.15) is 0 Å². The minimum atomic E-state index is -0.114. The lowest BCUT2D eigenvalue weighted by atomic mass is 9.99. The number of amides is 1. The smallest absolute Gasteiger partial charge is 0.256 e. The third-order valence-corrected chi connectivity index (χ3v) is 6.16. The highest BCUT2D eigenvalue weighted by Gasteiger charge is 2.17. The first-order chi connectivity index (χ1) is 15.5. The Kier molecular flexibility index (Phi) is 6.57. The fourth-order valence-electron chi connectivity index (χ4n) is 4.03. The van der Waals surface area contributed by atoms with Crippen LogP contribution in [0, 0.1) is 0 Å². The second kappa shape index (κ2) is 9.54. The summed E-state index contributed by atoms with van der Waals surface area (Å²) < 4.78 is 0. The van der Waals surface area contributed by atoms with Gasteiger partial charge in [0, 0.05) is 21.7 Å². The topological polar surface area (TPSA) is 42.0 Å². The van der Waals surface area contributed by atoms with Crippen LogP contribution in [0.3, 0.4) is 0 Å². The number of hydrogen-bond donors (Lipinski definition) is 1. The molecule has 32 heavy (non-hydrogen) atoms. The number of hydrogen-bond acceptors (Lipinski definition) is 2. The molecular weight excluding hydrogens is 416 g/mol. The first-order valence-corrected chi connectivity index (χ1v) is 11.5. The summed E-state index contributed by atoms with van der Waals surface area (Å²) >= 11 is 6.07. The molecule has 0 saturated heterocycles. The van der Waals surface area contributed by atoms with Crippen LogP contribution in [0.1, 0.15) is 47.8 Å². The van der Waals surface area contributed by atoms with E-state index in [0.717, 1.165) is 58.2 Å². The van der Waals surface area contributed by atoms with Gasteiger partial charge in [-0.3, -0.25) is 4.79 Å².